The number of nitrogens with one attached hydrogen (secondary N) is 1. The first-order valence-corrected chi connectivity index (χ1v) is 5.34. The van der Waals surface area contributed by atoms with Crippen molar-refractivity contribution in [1.82, 2.24) is 5.32 Å². The normalized spacial score (nSPS) is 10.8. The highest BCUT2D eigenvalue weighted by molar-refractivity contribution is 5.88. The predicted molar refractivity (Wildman–Crippen MR) is 72.1 cm³/mol. The van der Waals surface area contributed by atoms with Crippen LogP contribution in [0.5, 0.6) is 0 Å². The van der Waals surface area contributed by atoms with Crippen LogP contribution in [-0.2, 0) is 0 Å². The third-order valence-electron chi connectivity index (χ3n) is 2.60. The zero-order valence-electron chi connectivity index (χ0n) is 9.40. The molecule has 0 amide bonds. The van der Waals surface area contributed by atoms with E-state index in [0.717, 1.165) is 5.56 Å². The van der Waals surface area contributed by atoms with Crippen LogP contribution < -0.4 is 5.32 Å². The summed E-state index contributed by atoms with van der Waals surface area (Å²) in [4.78, 5) is 0. The van der Waals surface area contributed by atoms with Crippen LogP contribution in [0.3, 0.4) is 0 Å². The van der Waals surface area contributed by atoms with Gasteiger partial charge in [-0.25, -0.2) is 0 Å². The predicted octanol–water partition coefficient (Wildman–Crippen LogP) is 3.67. The van der Waals surface area contributed by atoms with Gasteiger partial charge in [-0.3, -0.25) is 0 Å². The minimum atomic E-state index is 1.16. The summed E-state index contributed by atoms with van der Waals surface area (Å²) in [5, 5.41) is 5.50. The van der Waals surface area contributed by atoms with Crippen molar-refractivity contribution in [2.75, 3.05) is 7.05 Å². The van der Waals surface area contributed by atoms with Gasteiger partial charge in [0.05, 0.1) is 0 Å². The van der Waals surface area contributed by atoms with Crippen molar-refractivity contribution >= 4 is 22.9 Å². The zero-order chi connectivity index (χ0) is 11.4. The Kier molecular flexibility index (Phi) is 3.06. The van der Waals surface area contributed by atoms with Crippen LogP contribution >= 0.6 is 0 Å². The molecule has 0 heterocycles. The van der Waals surface area contributed by atoms with Gasteiger partial charge >= 0.3 is 0 Å². The Morgan fingerprint density at radius 3 is 2.25 bits per heavy atom. The molecule has 0 aliphatic rings. The molecule has 0 atom stereocenters. The fourth-order valence-corrected chi connectivity index (χ4v) is 1.77. The van der Waals surface area contributed by atoms with Crippen LogP contribution in [0.2, 0.25) is 0 Å². The third kappa shape index (κ3) is 1.98. The maximum absolute atomic E-state index is 3.85. The summed E-state index contributed by atoms with van der Waals surface area (Å²) in [7, 11) is 1.89. The molecule has 16 heavy (non-hydrogen) atoms. The highest BCUT2D eigenvalue weighted by atomic mass is 14.8. The summed E-state index contributed by atoms with van der Waals surface area (Å²) in [6.45, 7) is 3.85. The van der Waals surface area contributed by atoms with E-state index in [4.69, 9.17) is 0 Å². The van der Waals surface area contributed by atoms with Crippen molar-refractivity contribution in [2.24, 2.45) is 0 Å². The summed E-state index contributed by atoms with van der Waals surface area (Å²) in [5.74, 6) is 0. The average Bonchev–Trinajstić information content (AvgIpc) is 2.35. The zero-order valence-corrected chi connectivity index (χ0v) is 9.40. The van der Waals surface area contributed by atoms with Gasteiger partial charge < -0.3 is 5.32 Å². The molecular weight excluding hydrogens is 194 g/mol. The molecule has 0 saturated heterocycles. The fraction of sp³-hybridized carbons (Fsp3) is 0.0667. The van der Waals surface area contributed by atoms with Crippen molar-refractivity contribution in [1.29, 1.82) is 0 Å². The van der Waals surface area contributed by atoms with E-state index in [1.807, 2.05) is 19.3 Å². The molecule has 0 aliphatic carbocycles. The molecule has 2 aromatic rings. The summed E-state index contributed by atoms with van der Waals surface area (Å²) < 4.78 is 0. The van der Waals surface area contributed by atoms with Gasteiger partial charge in [-0.2, -0.15) is 0 Å². The second kappa shape index (κ2) is 4.67. The van der Waals surface area contributed by atoms with E-state index >= 15 is 0 Å². The van der Waals surface area contributed by atoms with Crippen molar-refractivity contribution in [3.05, 3.63) is 60.3 Å². The number of hydrogen-bond acceptors (Lipinski definition) is 1. The first-order valence-electron chi connectivity index (χ1n) is 5.34. The quantitative estimate of drug-likeness (QED) is 0.813. The standard InChI is InChI=1S/C15H15N/c1-3-12-10-13-6-4-5-7-14(13)11-15(12)8-9-16-2/h3-11,16H,1H2,2H3/b9-8-. The Morgan fingerprint density at radius 1 is 1.06 bits per heavy atom. The minimum absolute atomic E-state index is 1.16. The molecule has 0 bridgehead atoms. The second-order valence-corrected chi connectivity index (χ2v) is 3.65. The Labute approximate surface area is 96.1 Å². The third-order valence-corrected chi connectivity index (χ3v) is 2.60. The van der Waals surface area contributed by atoms with E-state index in [9.17, 15) is 0 Å². The Balaban J connectivity index is 2.62. The fourth-order valence-electron chi connectivity index (χ4n) is 1.77. The number of rotatable bonds is 3. The lowest BCUT2D eigenvalue weighted by Gasteiger charge is -2.04. The second-order valence-electron chi connectivity index (χ2n) is 3.65. The lowest BCUT2D eigenvalue weighted by molar-refractivity contribution is 1.11. The van der Waals surface area contributed by atoms with Crippen LogP contribution in [0.1, 0.15) is 11.1 Å². The van der Waals surface area contributed by atoms with E-state index in [-0.39, 0.29) is 0 Å². The average molecular weight is 209 g/mol. The first kappa shape index (κ1) is 10.5. The van der Waals surface area contributed by atoms with E-state index in [1.54, 1.807) is 0 Å². The Morgan fingerprint density at radius 2 is 1.69 bits per heavy atom. The van der Waals surface area contributed by atoms with Gasteiger partial charge in [0.1, 0.15) is 0 Å². The van der Waals surface area contributed by atoms with Gasteiger partial charge in [0.15, 0.2) is 0 Å². The molecule has 0 aliphatic heterocycles. The maximum atomic E-state index is 3.85. The van der Waals surface area contributed by atoms with Crippen LogP contribution in [0, 0.1) is 0 Å². The highest BCUT2D eigenvalue weighted by Crippen LogP contribution is 2.21. The van der Waals surface area contributed by atoms with E-state index < -0.39 is 0 Å². The van der Waals surface area contributed by atoms with Crippen LogP contribution in [0.25, 0.3) is 22.9 Å². The summed E-state index contributed by atoms with van der Waals surface area (Å²) in [6, 6.07) is 12.7. The molecule has 0 radical (unpaired) electrons. The Hall–Kier alpha value is -2.02. The van der Waals surface area contributed by atoms with Gasteiger partial charge in [0.25, 0.3) is 0 Å². The molecule has 1 nitrogen and oxygen atoms in total. The van der Waals surface area contributed by atoms with Gasteiger partial charge in [-0.1, -0.05) is 36.9 Å². The molecule has 0 fully saturated rings. The smallest absolute Gasteiger partial charge is 0.00277 e. The summed E-state index contributed by atoms with van der Waals surface area (Å²) >= 11 is 0. The van der Waals surface area contributed by atoms with Gasteiger partial charge in [-0.05, 0) is 46.3 Å². The SMILES string of the molecule is C=Cc1cc2ccccc2cc1/C=C\NC. The van der Waals surface area contributed by atoms with Gasteiger partial charge in [-0.15, -0.1) is 0 Å². The van der Waals surface area contributed by atoms with Gasteiger partial charge in [0, 0.05) is 7.05 Å². The van der Waals surface area contributed by atoms with Crippen molar-refractivity contribution in [2.45, 2.75) is 0 Å². The van der Waals surface area contributed by atoms with Crippen molar-refractivity contribution in [3.8, 4) is 0 Å². The highest BCUT2D eigenvalue weighted by Gasteiger charge is 1.99. The molecule has 1 heteroatoms. The number of fused-ring (bicyclic) bond motifs is 1. The molecule has 1 N–H and O–H groups in total. The lowest BCUT2D eigenvalue weighted by Crippen LogP contribution is -1.91. The largest absolute Gasteiger partial charge is 0.394 e. The Bertz CT molecular complexity index is 538. The molecule has 0 saturated carbocycles. The van der Waals surface area contributed by atoms with Crippen LogP contribution in [0.4, 0.5) is 0 Å². The molecule has 2 rings (SSSR count). The van der Waals surface area contributed by atoms with Gasteiger partial charge in [0.2, 0.25) is 0 Å². The lowest BCUT2D eigenvalue weighted by atomic mass is 10.0. The number of hydrogen-bond donors (Lipinski definition) is 1. The van der Waals surface area contributed by atoms with E-state index in [0.29, 0.717) is 0 Å². The molecule has 0 aromatic heterocycles. The summed E-state index contributed by atoms with van der Waals surface area (Å²) in [6.07, 6.45) is 5.88. The van der Waals surface area contributed by atoms with Crippen molar-refractivity contribution < 1.29 is 0 Å². The first-order chi connectivity index (χ1) is 7.85. The molecule has 0 unspecified atom stereocenters. The molecule has 0 spiro atoms. The van der Waals surface area contributed by atoms with E-state index in [1.165, 1.54) is 16.3 Å². The summed E-state index contributed by atoms with van der Waals surface area (Å²) in [5.41, 5.74) is 2.34. The monoisotopic (exact) mass is 209 g/mol. The minimum Gasteiger partial charge on any atom is -0.394 e. The van der Waals surface area contributed by atoms with E-state index in [2.05, 4.69) is 54.4 Å². The molecular formula is C15H15N. The maximum Gasteiger partial charge on any atom is 0.00277 e. The number of benzene rings is 2. The molecule has 80 valence electrons. The topological polar surface area (TPSA) is 12.0 Å². The molecule has 2 aromatic carbocycles. The van der Waals surface area contributed by atoms with Crippen LogP contribution in [0.15, 0.2) is 49.2 Å². The van der Waals surface area contributed by atoms with Crippen molar-refractivity contribution in [3.63, 3.8) is 0 Å². The van der Waals surface area contributed by atoms with Crippen LogP contribution in [-0.4, -0.2) is 7.05 Å².